The molecule has 0 aliphatic carbocycles. The molecule has 1 amide bonds. The highest BCUT2D eigenvalue weighted by atomic mass is 16.5. The minimum absolute atomic E-state index is 0.280. The Hall–Kier alpha value is -1.84. The molecular formula is C14H19NO3. The highest BCUT2D eigenvalue weighted by Gasteiger charge is 2.32. The maximum absolute atomic E-state index is 11.7. The van der Waals surface area contributed by atoms with Crippen molar-refractivity contribution in [3.05, 3.63) is 29.8 Å². The number of benzene rings is 1. The Morgan fingerprint density at radius 3 is 2.72 bits per heavy atom. The minimum Gasteiger partial charge on any atom is -0.465 e. The molecule has 1 unspecified atom stereocenters. The highest BCUT2D eigenvalue weighted by Crippen LogP contribution is 2.25. The summed E-state index contributed by atoms with van der Waals surface area (Å²) in [6.07, 6.45) is 0.418. The van der Waals surface area contributed by atoms with E-state index in [1.165, 1.54) is 0 Å². The monoisotopic (exact) mass is 249 g/mol. The summed E-state index contributed by atoms with van der Waals surface area (Å²) in [5.74, 6) is -1.44. The van der Waals surface area contributed by atoms with Crippen LogP contribution in [0.2, 0.25) is 0 Å². The Morgan fingerprint density at radius 1 is 1.39 bits per heavy atom. The molecule has 0 bridgehead atoms. The molecule has 98 valence electrons. The molecule has 1 N–H and O–H groups in total. The van der Waals surface area contributed by atoms with E-state index in [0.29, 0.717) is 13.0 Å². The van der Waals surface area contributed by atoms with E-state index in [2.05, 4.69) is 5.32 Å². The van der Waals surface area contributed by atoms with Crippen LogP contribution in [-0.4, -0.2) is 18.5 Å². The van der Waals surface area contributed by atoms with Gasteiger partial charge in [0.1, 0.15) is 5.92 Å². The lowest BCUT2D eigenvalue weighted by atomic mass is 9.93. The number of amides is 1. The molecule has 4 nitrogen and oxygen atoms in total. The normalized spacial score (nSPS) is 16.8. The quantitative estimate of drug-likeness (QED) is 0.646. The van der Waals surface area contributed by atoms with E-state index in [-0.39, 0.29) is 5.91 Å². The molecular weight excluding hydrogens is 230 g/mol. The zero-order valence-electron chi connectivity index (χ0n) is 11.0. The second-order valence-corrected chi connectivity index (χ2v) is 3.66. The van der Waals surface area contributed by atoms with Gasteiger partial charge < -0.3 is 10.1 Å². The van der Waals surface area contributed by atoms with Crippen molar-refractivity contribution in [3.8, 4) is 0 Å². The summed E-state index contributed by atoms with van der Waals surface area (Å²) >= 11 is 0. The summed E-state index contributed by atoms with van der Waals surface area (Å²) in [7, 11) is 0. The van der Waals surface area contributed by atoms with Gasteiger partial charge in [-0.2, -0.15) is 0 Å². The molecule has 0 spiro atoms. The van der Waals surface area contributed by atoms with E-state index in [4.69, 9.17) is 4.74 Å². The van der Waals surface area contributed by atoms with Crippen LogP contribution in [0.4, 0.5) is 5.69 Å². The molecule has 1 aliphatic rings. The number of hydrogen-bond donors (Lipinski definition) is 1. The first kappa shape index (κ1) is 14.2. The lowest BCUT2D eigenvalue weighted by molar-refractivity contribution is -0.151. The van der Waals surface area contributed by atoms with Gasteiger partial charge in [-0.05, 0) is 25.0 Å². The number of anilines is 1. The van der Waals surface area contributed by atoms with Crippen molar-refractivity contribution in [2.24, 2.45) is 5.92 Å². The Bertz CT molecular complexity index is 429. The van der Waals surface area contributed by atoms with E-state index in [0.717, 1.165) is 11.3 Å². The third-order valence-corrected chi connectivity index (χ3v) is 2.59. The standard InChI is InChI=1S/C12H13NO3.C2H6/c1-2-16-12(15)9-7-8-5-3-4-6-10(8)13-11(9)14;1-2/h3-6,9H,2,7H2,1H3,(H,13,14);1-2H3. The molecule has 0 saturated heterocycles. The van der Waals surface area contributed by atoms with Crippen molar-refractivity contribution >= 4 is 17.6 Å². The van der Waals surface area contributed by atoms with Crippen LogP contribution in [0.5, 0.6) is 0 Å². The third kappa shape index (κ3) is 3.09. The second kappa shape index (κ2) is 6.79. The number of carbonyl (C=O) groups excluding carboxylic acids is 2. The molecule has 2 rings (SSSR count). The molecule has 1 atom stereocenters. The molecule has 0 aromatic heterocycles. The van der Waals surface area contributed by atoms with Crippen molar-refractivity contribution in [1.82, 2.24) is 0 Å². The molecule has 1 aromatic rings. The number of esters is 1. The van der Waals surface area contributed by atoms with Gasteiger partial charge in [0.25, 0.3) is 0 Å². The van der Waals surface area contributed by atoms with Gasteiger partial charge in [0.2, 0.25) is 5.91 Å². The molecule has 18 heavy (non-hydrogen) atoms. The SMILES string of the molecule is CC.CCOC(=O)C1Cc2ccccc2NC1=O. The molecule has 1 heterocycles. The average molecular weight is 249 g/mol. The summed E-state index contributed by atoms with van der Waals surface area (Å²) in [4.78, 5) is 23.2. The number of ether oxygens (including phenoxy) is 1. The van der Waals surface area contributed by atoms with E-state index in [1.54, 1.807) is 6.92 Å². The van der Waals surface area contributed by atoms with Gasteiger partial charge in [0, 0.05) is 5.69 Å². The molecule has 0 fully saturated rings. The summed E-state index contributed by atoms with van der Waals surface area (Å²) in [6.45, 7) is 6.02. The lowest BCUT2D eigenvalue weighted by Gasteiger charge is -2.22. The number of rotatable bonds is 2. The van der Waals surface area contributed by atoms with Crippen LogP contribution < -0.4 is 5.32 Å². The minimum atomic E-state index is -0.713. The number of carbonyl (C=O) groups is 2. The number of para-hydroxylation sites is 1. The number of fused-ring (bicyclic) bond motifs is 1. The zero-order valence-corrected chi connectivity index (χ0v) is 11.0. The maximum Gasteiger partial charge on any atom is 0.318 e. The molecule has 0 saturated carbocycles. The van der Waals surface area contributed by atoms with Gasteiger partial charge in [0.05, 0.1) is 6.61 Å². The Labute approximate surface area is 107 Å². The fraction of sp³-hybridized carbons (Fsp3) is 0.429. The maximum atomic E-state index is 11.7. The van der Waals surface area contributed by atoms with E-state index >= 15 is 0 Å². The van der Waals surface area contributed by atoms with Crippen molar-refractivity contribution in [1.29, 1.82) is 0 Å². The van der Waals surface area contributed by atoms with Crippen molar-refractivity contribution in [2.45, 2.75) is 27.2 Å². The summed E-state index contributed by atoms with van der Waals surface area (Å²) < 4.78 is 4.87. The third-order valence-electron chi connectivity index (χ3n) is 2.59. The topological polar surface area (TPSA) is 55.4 Å². The predicted octanol–water partition coefficient (Wildman–Crippen LogP) is 2.39. The van der Waals surface area contributed by atoms with Gasteiger partial charge in [0.15, 0.2) is 0 Å². The summed E-state index contributed by atoms with van der Waals surface area (Å²) in [6, 6.07) is 7.47. The Kier molecular flexibility index (Phi) is 5.36. The van der Waals surface area contributed by atoms with Crippen LogP contribution in [-0.2, 0) is 20.7 Å². The Balaban J connectivity index is 0.000000771. The fourth-order valence-electron chi connectivity index (χ4n) is 1.79. The molecule has 1 aromatic carbocycles. The van der Waals surface area contributed by atoms with E-state index < -0.39 is 11.9 Å². The first-order chi connectivity index (χ1) is 8.72. The van der Waals surface area contributed by atoms with Gasteiger partial charge in [-0.15, -0.1) is 0 Å². The first-order valence-corrected chi connectivity index (χ1v) is 6.27. The summed E-state index contributed by atoms with van der Waals surface area (Å²) in [5, 5.41) is 2.71. The number of hydrogen-bond acceptors (Lipinski definition) is 3. The van der Waals surface area contributed by atoms with Crippen LogP contribution in [0, 0.1) is 5.92 Å². The molecule has 1 aliphatic heterocycles. The van der Waals surface area contributed by atoms with Crippen LogP contribution in [0.1, 0.15) is 26.3 Å². The van der Waals surface area contributed by atoms with Crippen molar-refractivity contribution in [2.75, 3.05) is 11.9 Å². The largest absolute Gasteiger partial charge is 0.465 e. The summed E-state index contributed by atoms with van der Waals surface area (Å²) in [5.41, 5.74) is 1.76. The Morgan fingerprint density at radius 2 is 2.06 bits per heavy atom. The lowest BCUT2D eigenvalue weighted by Crippen LogP contribution is -2.36. The highest BCUT2D eigenvalue weighted by molar-refractivity contribution is 6.07. The smallest absolute Gasteiger partial charge is 0.318 e. The van der Waals surface area contributed by atoms with Crippen molar-refractivity contribution < 1.29 is 14.3 Å². The van der Waals surface area contributed by atoms with Crippen LogP contribution in [0.25, 0.3) is 0 Å². The predicted molar refractivity (Wildman–Crippen MR) is 70.2 cm³/mol. The van der Waals surface area contributed by atoms with Gasteiger partial charge in [-0.3, -0.25) is 9.59 Å². The number of nitrogens with one attached hydrogen (secondary N) is 1. The fourth-order valence-corrected chi connectivity index (χ4v) is 1.79. The van der Waals surface area contributed by atoms with E-state index in [1.807, 2.05) is 38.1 Å². The van der Waals surface area contributed by atoms with Gasteiger partial charge in [-0.1, -0.05) is 32.0 Å². The molecule has 0 radical (unpaired) electrons. The average Bonchev–Trinajstić information content (AvgIpc) is 2.40. The van der Waals surface area contributed by atoms with Crippen LogP contribution >= 0.6 is 0 Å². The molecule has 4 heteroatoms. The second-order valence-electron chi connectivity index (χ2n) is 3.66. The first-order valence-electron chi connectivity index (χ1n) is 6.27. The van der Waals surface area contributed by atoms with Crippen LogP contribution in [0.3, 0.4) is 0 Å². The van der Waals surface area contributed by atoms with E-state index in [9.17, 15) is 9.59 Å². The van der Waals surface area contributed by atoms with Gasteiger partial charge >= 0.3 is 5.97 Å². The zero-order chi connectivity index (χ0) is 13.5. The van der Waals surface area contributed by atoms with Crippen molar-refractivity contribution in [3.63, 3.8) is 0 Å². The van der Waals surface area contributed by atoms with Crippen LogP contribution in [0.15, 0.2) is 24.3 Å². The van der Waals surface area contributed by atoms with Gasteiger partial charge in [-0.25, -0.2) is 0 Å².